The van der Waals surface area contributed by atoms with Gasteiger partial charge in [-0.25, -0.2) is 0 Å². The van der Waals surface area contributed by atoms with E-state index in [4.69, 9.17) is 0 Å². The molecule has 76 valence electrons. The average molecular weight is 184 g/mol. The highest BCUT2D eigenvalue weighted by atomic mass is 16.1. The van der Waals surface area contributed by atoms with E-state index < -0.39 is 0 Å². The molecule has 1 saturated carbocycles. The lowest BCUT2D eigenvalue weighted by Gasteiger charge is -2.12. The van der Waals surface area contributed by atoms with Crippen LogP contribution >= 0.6 is 0 Å². The second-order valence-electron chi connectivity index (χ2n) is 4.47. The molecule has 0 heterocycles. The maximum Gasteiger partial charge on any atom is 0.221 e. The highest BCUT2D eigenvalue weighted by Gasteiger charge is 2.38. The van der Waals surface area contributed by atoms with E-state index in [0.717, 1.165) is 19.4 Å². The number of rotatable bonds is 5. The van der Waals surface area contributed by atoms with Crippen LogP contribution in [-0.2, 0) is 4.79 Å². The number of nitrogens with one attached hydrogen (secondary N) is 2. The van der Waals surface area contributed by atoms with Gasteiger partial charge in [0.15, 0.2) is 0 Å². The molecule has 0 aliphatic heterocycles. The summed E-state index contributed by atoms with van der Waals surface area (Å²) >= 11 is 0. The summed E-state index contributed by atoms with van der Waals surface area (Å²) in [6.45, 7) is 7.04. The van der Waals surface area contributed by atoms with Crippen LogP contribution in [-0.4, -0.2) is 24.0 Å². The number of carbonyl (C=O) groups excluding carboxylic acids is 1. The third-order valence-electron chi connectivity index (χ3n) is 2.35. The van der Waals surface area contributed by atoms with Gasteiger partial charge in [-0.2, -0.15) is 0 Å². The Bertz CT molecular complexity index is 185. The standard InChI is InChI=1S/C10H20N2O/c1-8(2)11-7-4-9(13)12-10(3)5-6-10/h8,11H,4-7H2,1-3H3,(H,12,13). The predicted octanol–water partition coefficient (Wildman–Crippen LogP) is 1.04. The van der Waals surface area contributed by atoms with Gasteiger partial charge in [0.2, 0.25) is 5.91 Å². The van der Waals surface area contributed by atoms with E-state index >= 15 is 0 Å². The highest BCUT2D eigenvalue weighted by molar-refractivity contribution is 5.77. The molecule has 1 aliphatic carbocycles. The third-order valence-corrected chi connectivity index (χ3v) is 2.35. The van der Waals surface area contributed by atoms with Crippen molar-refractivity contribution in [2.75, 3.05) is 6.54 Å². The van der Waals surface area contributed by atoms with Crippen molar-refractivity contribution in [1.29, 1.82) is 0 Å². The van der Waals surface area contributed by atoms with Gasteiger partial charge >= 0.3 is 0 Å². The van der Waals surface area contributed by atoms with Gasteiger partial charge in [0.25, 0.3) is 0 Å². The Morgan fingerprint density at radius 2 is 2.08 bits per heavy atom. The zero-order valence-electron chi connectivity index (χ0n) is 8.81. The molecular formula is C10H20N2O. The number of carbonyl (C=O) groups is 1. The molecule has 0 aromatic rings. The Kier molecular flexibility index (Phi) is 3.31. The summed E-state index contributed by atoms with van der Waals surface area (Å²) in [7, 11) is 0. The van der Waals surface area contributed by atoms with Gasteiger partial charge < -0.3 is 10.6 Å². The normalized spacial score (nSPS) is 18.8. The maximum atomic E-state index is 11.3. The lowest BCUT2D eigenvalue weighted by Crippen LogP contribution is -2.36. The summed E-state index contributed by atoms with van der Waals surface area (Å²) in [6.07, 6.45) is 2.86. The topological polar surface area (TPSA) is 41.1 Å². The Morgan fingerprint density at radius 1 is 1.46 bits per heavy atom. The zero-order chi connectivity index (χ0) is 9.90. The molecule has 3 heteroatoms. The quantitative estimate of drug-likeness (QED) is 0.670. The van der Waals surface area contributed by atoms with Crippen LogP contribution in [0.5, 0.6) is 0 Å². The lowest BCUT2D eigenvalue weighted by atomic mass is 10.3. The summed E-state index contributed by atoms with van der Waals surface area (Å²) in [6, 6.07) is 0.462. The third kappa shape index (κ3) is 4.27. The van der Waals surface area contributed by atoms with Gasteiger partial charge in [-0.3, -0.25) is 4.79 Å². The molecule has 0 unspecified atom stereocenters. The van der Waals surface area contributed by atoms with Crippen molar-refractivity contribution in [1.82, 2.24) is 10.6 Å². The molecule has 0 saturated heterocycles. The molecule has 13 heavy (non-hydrogen) atoms. The van der Waals surface area contributed by atoms with Crippen LogP contribution in [0.25, 0.3) is 0 Å². The maximum absolute atomic E-state index is 11.3. The Labute approximate surface area is 80.3 Å². The van der Waals surface area contributed by atoms with Gasteiger partial charge in [-0.15, -0.1) is 0 Å². The fourth-order valence-electron chi connectivity index (χ4n) is 1.19. The Hall–Kier alpha value is -0.570. The average Bonchev–Trinajstić information content (AvgIpc) is 2.66. The zero-order valence-corrected chi connectivity index (χ0v) is 8.81. The minimum Gasteiger partial charge on any atom is -0.351 e. The molecule has 0 aromatic heterocycles. The smallest absolute Gasteiger partial charge is 0.221 e. The van der Waals surface area contributed by atoms with E-state index in [-0.39, 0.29) is 11.4 Å². The summed E-state index contributed by atoms with van der Waals surface area (Å²) < 4.78 is 0. The first-order chi connectivity index (χ1) is 6.02. The summed E-state index contributed by atoms with van der Waals surface area (Å²) in [5.74, 6) is 0.174. The van der Waals surface area contributed by atoms with Crippen molar-refractivity contribution in [2.24, 2.45) is 0 Å². The van der Waals surface area contributed by atoms with Crippen molar-refractivity contribution in [3.8, 4) is 0 Å². The molecule has 1 amide bonds. The number of hydrogen-bond acceptors (Lipinski definition) is 2. The molecule has 0 bridgehead atoms. The van der Waals surface area contributed by atoms with E-state index in [1.54, 1.807) is 0 Å². The minimum atomic E-state index is 0.134. The van der Waals surface area contributed by atoms with Crippen LogP contribution in [0, 0.1) is 0 Å². The van der Waals surface area contributed by atoms with Crippen molar-refractivity contribution in [3.63, 3.8) is 0 Å². The first kappa shape index (κ1) is 10.5. The van der Waals surface area contributed by atoms with E-state index in [0.29, 0.717) is 12.5 Å². The van der Waals surface area contributed by atoms with E-state index in [9.17, 15) is 4.79 Å². The Morgan fingerprint density at radius 3 is 2.54 bits per heavy atom. The van der Waals surface area contributed by atoms with E-state index in [1.807, 2.05) is 0 Å². The molecular weight excluding hydrogens is 164 g/mol. The number of amides is 1. The molecule has 1 fully saturated rings. The predicted molar refractivity (Wildman–Crippen MR) is 53.5 cm³/mol. The van der Waals surface area contributed by atoms with Crippen LogP contribution in [0.1, 0.15) is 40.0 Å². The van der Waals surface area contributed by atoms with Crippen LogP contribution in [0.4, 0.5) is 0 Å². The van der Waals surface area contributed by atoms with Crippen LogP contribution in [0.2, 0.25) is 0 Å². The molecule has 1 rings (SSSR count). The van der Waals surface area contributed by atoms with Crippen LogP contribution < -0.4 is 10.6 Å². The SMILES string of the molecule is CC(C)NCCC(=O)NC1(C)CC1. The summed E-state index contributed by atoms with van der Waals surface area (Å²) in [5, 5.41) is 6.25. The fraction of sp³-hybridized carbons (Fsp3) is 0.900. The highest BCUT2D eigenvalue weighted by Crippen LogP contribution is 2.34. The molecule has 0 atom stereocenters. The van der Waals surface area contributed by atoms with Gasteiger partial charge in [-0.05, 0) is 19.8 Å². The van der Waals surface area contributed by atoms with E-state index in [1.165, 1.54) is 0 Å². The molecule has 2 N–H and O–H groups in total. The lowest BCUT2D eigenvalue weighted by molar-refractivity contribution is -0.121. The fourth-order valence-corrected chi connectivity index (χ4v) is 1.19. The summed E-state index contributed by atoms with van der Waals surface area (Å²) in [4.78, 5) is 11.3. The Balaban J connectivity index is 2.04. The molecule has 0 radical (unpaired) electrons. The molecule has 3 nitrogen and oxygen atoms in total. The monoisotopic (exact) mass is 184 g/mol. The number of hydrogen-bond donors (Lipinski definition) is 2. The van der Waals surface area contributed by atoms with Crippen molar-refractivity contribution < 1.29 is 4.79 Å². The van der Waals surface area contributed by atoms with Crippen molar-refractivity contribution in [2.45, 2.75) is 51.6 Å². The van der Waals surface area contributed by atoms with Crippen LogP contribution in [0.3, 0.4) is 0 Å². The van der Waals surface area contributed by atoms with Gasteiger partial charge in [-0.1, -0.05) is 13.8 Å². The molecule has 0 spiro atoms. The van der Waals surface area contributed by atoms with Gasteiger partial charge in [0.1, 0.15) is 0 Å². The molecule has 1 aliphatic rings. The minimum absolute atomic E-state index is 0.134. The second-order valence-corrected chi connectivity index (χ2v) is 4.47. The van der Waals surface area contributed by atoms with Crippen molar-refractivity contribution in [3.05, 3.63) is 0 Å². The summed E-state index contributed by atoms with van der Waals surface area (Å²) in [5.41, 5.74) is 0.134. The van der Waals surface area contributed by atoms with Gasteiger partial charge in [0.05, 0.1) is 0 Å². The van der Waals surface area contributed by atoms with E-state index in [2.05, 4.69) is 31.4 Å². The first-order valence-electron chi connectivity index (χ1n) is 5.06. The van der Waals surface area contributed by atoms with Crippen LogP contribution in [0.15, 0.2) is 0 Å². The second kappa shape index (κ2) is 4.09. The van der Waals surface area contributed by atoms with Crippen molar-refractivity contribution >= 4 is 5.91 Å². The van der Waals surface area contributed by atoms with Gasteiger partial charge in [0, 0.05) is 24.5 Å². The largest absolute Gasteiger partial charge is 0.351 e. The first-order valence-corrected chi connectivity index (χ1v) is 5.06. The molecule has 0 aromatic carbocycles.